The van der Waals surface area contributed by atoms with Gasteiger partial charge in [-0.05, 0) is 95.8 Å². The third-order valence-electron chi connectivity index (χ3n) is 13.4. The number of ketones is 4. The van der Waals surface area contributed by atoms with E-state index in [0.29, 0.717) is 96.7 Å². The summed E-state index contributed by atoms with van der Waals surface area (Å²) in [6, 6.07) is -0.880. The topological polar surface area (TPSA) is 266 Å². The first kappa shape index (κ1) is 54.4. The van der Waals surface area contributed by atoms with Crippen molar-refractivity contribution in [1.82, 2.24) is 25.8 Å². The summed E-state index contributed by atoms with van der Waals surface area (Å²) in [5.41, 5.74) is 5.29. The standard InChI is InChI=1S/C49H72N6O12/c1-33(56)10-19-42(59)40(8-3-2-4-9-41(58)36-15-11-34(12-16-36)31-54-44(61)20-21-45(54)62)53-49(66)38(29-39(57)24-27-67-28-26-51-43(60)30-50)7-5-6-25-52-48(65)37-17-13-35(14-18-37)32-55-46(63)22-23-47(55)64/h20-23,34-38,40H,2-19,24-32,50H2,1H3,(H,51,60)(H,52,65)(H,53,66). The maximum absolute atomic E-state index is 13.9. The average molecular weight is 937 g/mol. The minimum absolute atomic E-state index is 0.0345. The van der Waals surface area contributed by atoms with Crippen molar-refractivity contribution in [2.24, 2.45) is 35.3 Å². The van der Waals surface area contributed by atoms with Gasteiger partial charge >= 0.3 is 0 Å². The molecule has 2 aliphatic heterocycles. The predicted molar refractivity (Wildman–Crippen MR) is 245 cm³/mol. The lowest BCUT2D eigenvalue weighted by Gasteiger charge is -2.30. The van der Waals surface area contributed by atoms with Crippen molar-refractivity contribution in [2.75, 3.05) is 45.9 Å². The van der Waals surface area contributed by atoms with Gasteiger partial charge in [-0.2, -0.15) is 0 Å². The van der Waals surface area contributed by atoms with Crippen molar-refractivity contribution in [3.63, 3.8) is 0 Å². The lowest BCUT2D eigenvalue weighted by atomic mass is 9.79. The molecule has 2 fully saturated rings. The van der Waals surface area contributed by atoms with Gasteiger partial charge in [0.25, 0.3) is 23.6 Å². The summed E-state index contributed by atoms with van der Waals surface area (Å²) < 4.78 is 5.49. The van der Waals surface area contributed by atoms with Crippen LogP contribution in [0.2, 0.25) is 0 Å². The van der Waals surface area contributed by atoms with Crippen LogP contribution in [0.5, 0.6) is 0 Å². The number of nitrogens with two attached hydrogens (primary N) is 1. The molecule has 0 radical (unpaired) electrons. The van der Waals surface area contributed by atoms with Crippen molar-refractivity contribution < 1.29 is 57.5 Å². The Labute approximate surface area is 393 Å². The molecule has 18 heteroatoms. The van der Waals surface area contributed by atoms with Gasteiger partial charge in [0.15, 0.2) is 5.78 Å². The van der Waals surface area contributed by atoms with Gasteiger partial charge < -0.3 is 31.2 Å². The van der Waals surface area contributed by atoms with Crippen molar-refractivity contribution in [3.05, 3.63) is 24.3 Å². The van der Waals surface area contributed by atoms with Crippen molar-refractivity contribution in [2.45, 2.75) is 141 Å². The molecule has 2 unspecified atom stereocenters. The number of Topliss-reactive ketones (excluding diaryl/α,β-unsaturated/α-hetero) is 4. The molecule has 18 nitrogen and oxygen atoms in total. The third-order valence-corrected chi connectivity index (χ3v) is 13.4. The molecular formula is C49H72N6O12. The minimum atomic E-state index is -0.880. The first-order valence-electron chi connectivity index (χ1n) is 24.4. The number of carbonyl (C=O) groups excluding carboxylic acids is 11. The Balaban J connectivity index is 1.24. The Morgan fingerprint density at radius 2 is 1.21 bits per heavy atom. The summed E-state index contributed by atoms with van der Waals surface area (Å²) in [6.07, 6.45) is 14.6. The van der Waals surface area contributed by atoms with Crippen LogP contribution in [0.3, 0.4) is 0 Å². The third kappa shape index (κ3) is 19.1. The summed E-state index contributed by atoms with van der Waals surface area (Å²) in [5, 5.41) is 8.48. The summed E-state index contributed by atoms with van der Waals surface area (Å²) in [5.74, 6) is -3.19. The number of hydrogen-bond acceptors (Lipinski definition) is 13. The van der Waals surface area contributed by atoms with E-state index in [1.54, 1.807) is 0 Å². The molecule has 0 bridgehead atoms. The SMILES string of the molecule is CC(=O)CCC(=O)C(CCCCCC(=O)C1CCC(CN2C(=O)C=CC2=O)CC1)NC(=O)C(CCCCNC(=O)C1CCC(CN2C(=O)C=CC2=O)CC1)CC(=O)CCOCCNC(=O)CN. The maximum atomic E-state index is 13.9. The summed E-state index contributed by atoms with van der Waals surface area (Å²) in [7, 11) is 0. The van der Waals surface area contributed by atoms with Gasteiger partial charge in [0, 0.05) is 100 Å². The van der Waals surface area contributed by atoms with Crippen molar-refractivity contribution in [3.8, 4) is 0 Å². The fourth-order valence-electron chi connectivity index (χ4n) is 9.32. The van der Waals surface area contributed by atoms with E-state index in [4.69, 9.17) is 10.5 Å². The quantitative estimate of drug-likeness (QED) is 0.0559. The molecule has 4 rings (SSSR count). The fraction of sp³-hybridized carbons (Fsp3) is 0.694. The van der Waals surface area contributed by atoms with E-state index < -0.39 is 17.9 Å². The van der Waals surface area contributed by atoms with E-state index in [2.05, 4.69) is 16.0 Å². The lowest BCUT2D eigenvalue weighted by molar-refractivity contribution is -0.139. The van der Waals surface area contributed by atoms with Crippen molar-refractivity contribution >= 4 is 64.5 Å². The number of unbranched alkanes of at least 4 members (excludes halogenated alkanes) is 3. The fourth-order valence-corrected chi connectivity index (χ4v) is 9.32. The zero-order valence-corrected chi connectivity index (χ0v) is 39.2. The second-order valence-electron chi connectivity index (χ2n) is 18.6. The normalized spacial score (nSPS) is 21.3. The van der Waals surface area contributed by atoms with Crippen LogP contribution in [0.4, 0.5) is 0 Å². The first-order valence-corrected chi connectivity index (χ1v) is 24.4. The Bertz CT molecular complexity index is 1810. The van der Waals surface area contributed by atoms with Gasteiger partial charge in [-0.3, -0.25) is 57.7 Å². The highest BCUT2D eigenvalue weighted by molar-refractivity contribution is 6.13. The average Bonchev–Trinajstić information content (AvgIpc) is 3.81. The van der Waals surface area contributed by atoms with Gasteiger partial charge in [0.05, 0.1) is 25.8 Å². The number of nitrogens with one attached hydrogen (secondary N) is 3. The molecule has 2 heterocycles. The molecule has 0 spiro atoms. The van der Waals surface area contributed by atoms with Gasteiger partial charge in [0.1, 0.15) is 17.3 Å². The smallest absolute Gasteiger partial charge is 0.253 e. The molecule has 370 valence electrons. The first-order chi connectivity index (χ1) is 32.1. The molecule has 5 N–H and O–H groups in total. The van der Waals surface area contributed by atoms with Crippen LogP contribution in [-0.2, 0) is 57.5 Å². The van der Waals surface area contributed by atoms with Crippen LogP contribution >= 0.6 is 0 Å². The number of ether oxygens (including phenoxy) is 1. The Morgan fingerprint density at radius 1 is 0.642 bits per heavy atom. The van der Waals surface area contributed by atoms with E-state index in [0.717, 1.165) is 25.7 Å². The van der Waals surface area contributed by atoms with E-state index in [1.807, 2.05) is 0 Å². The van der Waals surface area contributed by atoms with Crippen LogP contribution in [0.1, 0.15) is 135 Å². The molecule has 0 aromatic heterocycles. The zero-order valence-electron chi connectivity index (χ0n) is 39.2. The summed E-state index contributed by atoms with van der Waals surface area (Å²) >= 11 is 0. The number of rotatable bonds is 32. The van der Waals surface area contributed by atoms with Gasteiger partial charge in [-0.1, -0.05) is 19.3 Å². The van der Waals surface area contributed by atoms with Gasteiger partial charge in [-0.15, -0.1) is 0 Å². The zero-order chi connectivity index (χ0) is 48.7. The molecule has 4 aliphatic rings. The maximum Gasteiger partial charge on any atom is 0.253 e. The van der Waals surface area contributed by atoms with Crippen LogP contribution in [0.25, 0.3) is 0 Å². The molecule has 2 aliphatic carbocycles. The number of imide groups is 2. The predicted octanol–water partition coefficient (Wildman–Crippen LogP) is 2.74. The second-order valence-corrected chi connectivity index (χ2v) is 18.6. The molecule has 0 aromatic rings. The number of hydrogen-bond donors (Lipinski definition) is 4. The van der Waals surface area contributed by atoms with E-state index >= 15 is 0 Å². The lowest BCUT2D eigenvalue weighted by Crippen LogP contribution is -2.44. The highest BCUT2D eigenvalue weighted by atomic mass is 16.5. The van der Waals surface area contributed by atoms with Crippen LogP contribution in [0, 0.1) is 29.6 Å². The van der Waals surface area contributed by atoms with Crippen LogP contribution in [-0.4, -0.2) is 126 Å². The van der Waals surface area contributed by atoms with Gasteiger partial charge in [-0.25, -0.2) is 0 Å². The molecule has 67 heavy (non-hydrogen) atoms. The van der Waals surface area contributed by atoms with Crippen molar-refractivity contribution in [1.29, 1.82) is 0 Å². The second kappa shape index (κ2) is 28.8. The molecule has 0 aromatic carbocycles. The monoisotopic (exact) mass is 937 g/mol. The van der Waals surface area contributed by atoms with E-state index in [-0.39, 0.29) is 134 Å². The van der Waals surface area contributed by atoms with E-state index in [1.165, 1.54) is 41.0 Å². The minimum Gasteiger partial charge on any atom is -0.379 e. The molecular weight excluding hydrogens is 865 g/mol. The molecule has 2 saturated carbocycles. The Hall–Kier alpha value is -5.23. The largest absolute Gasteiger partial charge is 0.379 e. The number of nitrogens with zero attached hydrogens (tertiary/aromatic N) is 2. The summed E-state index contributed by atoms with van der Waals surface area (Å²) in [6.45, 7) is 2.84. The highest BCUT2D eigenvalue weighted by Crippen LogP contribution is 2.32. The van der Waals surface area contributed by atoms with Gasteiger partial charge in [0.2, 0.25) is 17.7 Å². The molecule has 0 saturated heterocycles. The summed E-state index contributed by atoms with van der Waals surface area (Å²) in [4.78, 5) is 140. The van der Waals surface area contributed by atoms with Crippen LogP contribution in [0.15, 0.2) is 24.3 Å². The Morgan fingerprint density at radius 3 is 1.78 bits per heavy atom. The Kier molecular flexibility index (Phi) is 23.4. The molecule has 7 amide bonds. The highest BCUT2D eigenvalue weighted by Gasteiger charge is 2.33. The molecule has 2 atom stereocenters. The number of amides is 7. The van der Waals surface area contributed by atoms with E-state index in [9.17, 15) is 52.7 Å². The number of carbonyl (C=O) groups is 11. The van der Waals surface area contributed by atoms with Crippen LogP contribution < -0.4 is 21.7 Å².